The van der Waals surface area contributed by atoms with Gasteiger partial charge in [0.25, 0.3) is 0 Å². The van der Waals surface area contributed by atoms with Crippen LogP contribution in [-0.4, -0.2) is 43.1 Å². The molecule has 4 aromatic carbocycles. The average molecular weight is 585 g/mol. The van der Waals surface area contributed by atoms with E-state index in [0.29, 0.717) is 11.1 Å². The zero-order valence-electron chi connectivity index (χ0n) is 22.5. The number of hydrogen-bond acceptors (Lipinski definition) is 11. The lowest BCUT2D eigenvalue weighted by Gasteiger charge is -2.30. The fourth-order valence-electron chi connectivity index (χ4n) is 5.39. The Labute approximate surface area is 243 Å². The molecule has 4 aromatic rings. The van der Waals surface area contributed by atoms with Crippen LogP contribution in [0.2, 0.25) is 0 Å². The van der Waals surface area contributed by atoms with Gasteiger partial charge in [-0.2, -0.15) is 0 Å². The first-order valence-corrected chi connectivity index (χ1v) is 13.2. The van der Waals surface area contributed by atoms with Gasteiger partial charge in [0.05, 0.1) is 24.0 Å². The van der Waals surface area contributed by atoms with Gasteiger partial charge < -0.3 is 39.7 Å². The Bertz CT molecular complexity index is 1810. The van der Waals surface area contributed by atoms with Gasteiger partial charge in [0.1, 0.15) is 69.3 Å². The lowest BCUT2D eigenvalue weighted by atomic mass is 9.88. The minimum Gasteiger partial charge on any atom is -0.508 e. The van der Waals surface area contributed by atoms with Crippen molar-refractivity contribution in [1.29, 1.82) is 0 Å². The van der Waals surface area contributed by atoms with Crippen LogP contribution in [0.1, 0.15) is 63.8 Å². The summed E-state index contributed by atoms with van der Waals surface area (Å²) in [7, 11) is 0. The minimum absolute atomic E-state index is 0.00907. The van der Waals surface area contributed by atoms with Gasteiger partial charge in [0, 0.05) is 19.1 Å². The van der Waals surface area contributed by atoms with E-state index in [0.717, 1.165) is 19.1 Å². The molecule has 2 unspecified atom stereocenters. The molecule has 2 heterocycles. The molecule has 11 heteroatoms. The normalized spacial score (nSPS) is 17.3. The molecule has 43 heavy (non-hydrogen) atoms. The zero-order valence-corrected chi connectivity index (χ0v) is 22.5. The summed E-state index contributed by atoms with van der Waals surface area (Å²) >= 11 is 0. The Morgan fingerprint density at radius 3 is 1.77 bits per heavy atom. The van der Waals surface area contributed by atoms with Crippen molar-refractivity contribution < 1.29 is 54.1 Å². The Balaban J connectivity index is 1.53. The van der Waals surface area contributed by atoms with Crippen LogP contribution in [0.15, 0.2) is 60.7 Å². The van der Waals surface area contributed by atoms with Gasteiger partial charge >= 0.3 is 5.97 Å². The molecular formula is C32H24O11. The summed E-state index contributed by atoms with van der Waals surface area (Å²) in [5, 5.41) is 52.8. The predicted octanol–water partition coefficient (Wildman–Crippen LogP) is 5.22. The van der Waals surface area contributed by atoms with Crippen molar-refractivity contribution in [3.63, 3.8) is 0 Å². The smallest absolute Gasteiger partial charge is 0.308 e. The molecule has 6 rings (SSSR count). The number of ether oxygens (including phenoxy) is 3. The lowest BCUT2D eigenvalue weighted by Crippen LogP contribution is -2.22. The number of Topliss-reactive ketones (excluding diaryl/α,β-unsaturated/α-hetero) is 2. The Hall–Kier alpha value is -5.71. The third-order valence-electron chi connectivity index (χ3n) is 7.33. The van der Waals surface area contributed by atoms with Crippen molar-refractivity contribution in [2.75, 3.05) is 0 Å². The molecule has 0 aromatic heterocycles. The highest BCUT2D eigenvalue weighted by atomic mass is 16.5. The second-order valence-electron chi connectivity index (χ2n) is 10.2. The maximum Gasteiger partial charge on any atom is 0.308 e. The first kappa shape index (κ1) is 27.5. The molecule has 0 bridgehead atoms. The summed E-state index contributed by atoms with van der Waals surface area (Å²) in [5.41, 5.74) is -0.0701. The summed E-state index contributed by atoms with van der Waals surface area (Å²) in [4.78, 5) is 38.7. The van der Waals surface area contributed by atoms with Crippen LogP contribution in [0.3, 0.4) is 0 Å². The van der Waals surface area contributed by atoms with Crippen LogP contribution < -0.4 is 14.2 Å². The fraction of sp³-hybridized carbons (Fsp3) is 0.156. The number of ketones is 2. The molecule has 2 atom stereocenters. The van der Waals surface area contributed by atoms with Crippen molar-refractivity contribution in [3.05, 3.63) is 82.9 Å². The SMILES string of the molecule is CC(=O)Oc1cc(O)c2c(c1-c1c(O)cc3c(c1O)C(=O)CC(c1ccc(O)cc1)O3)OC(c1ccc(O)cc1)CC2=O. The number of aromatic hydroxyl groups is 5. The van der Waals surface area contributed by atoms with E-state index in [9.17, 15) is 39.9 Å². The average Bonchev–Trinajstić information content (AvgIpc) is 2.94. The van der Waals surface area contributed by atoms with Gasteiger partial charge in [0.2, 0.25) is 0 Å². The van der Waals surface area contributed by atoms with Gasteiger partial charge in [-0.15, -0.1) is 0 Å². The second-order valence-corrected chi connectivity index (χ2v) is 10.2. The van der Waals surface area contributed by atoms with E-state index in [-0.39, 0.29) is 63.8 Å². The van der Waals surface area contributed by atoms with Crippen LogP contribution in [-0.2, 0) is 4.79 Å². The van der Waals surface area contributed by atoms with Gasteiger partial charge in [-0.05, 0) is 35.4 Å². The van der Waals surface area contributed by atoms with E-state index in [2.05, 4.69) is 0 Å². The van der Waals surface area contributed by atoms with Gasteiger partial charge in [-0.25, -0.2) is 0 Å². The molecule has 0 amide bonds. The Morgan fingerprint density at radius 1 is 0.698 bits per heavy atom. The van der Waals surface area contributed by atoms with Crippen molar-refractivity contribution in [2.24, 2.45) is 0 Å². The standard InChI is InChI=1S/C32H24O11/c1-14(33)41-26-12-20(37)27-19(36)10-24(16-4-8-18(35)9-5-16)43-32(27)30(26)29-22(39)13-25-28(31(29)40)21(38)11-23(42-25)15-2-6-17(34)7-3-15/h2-9,12-13,23-24,34-35,37,39-40H,10-11H2,1H3. The second kappa shape index (κ2) is 10.3. The number of phenols is 5. The lowest BCUT2D eigenvalue weighted by molar-refractivity contribution is -0.131. The number of phenolic OH excluding ortho intramolecular Hbond substituents is 5. The van der Waals surface area contributed by atoms with Gasteiger partial charge in [0.15, 0.2) is 11.6 Å². The third kappa shape index (κ3) is 4.80. The zero-order chi connectivity index (χ0) is 30.6. The molecule has 0 saturated carbocycles. The van der Waals surface area contributed by atoms with Crippen LogP contribution in [0.25, 0.3) is 11.1 Å². The number of carbonyl (C=O) groups is 3. The number of benzene rings is 4. The van der Waals surface area contributed by atoms with Crippen molar-refractivity contribution >= 4 is 17.5 Å². The molecule has 5 N–H and O–H groups in total. The van der Waals surface area contributed by atoms with E-state index in [1.807, 2.05) is 0 Å². The number of hydrogen-bond donors (Lipinski definition) is 5. The van der Waals surface area contributed by atoms with Gasteiger partial charge in [-0.3, -0.25) is 14.4 Å². The summed E-state index contributed by atoms with van der Waals surface area (Å²) in [5.74, 6) is -4.49. The summed E-state index contributed by atoms with van der Waals surface area (Å²) in [6, 6.07) is 14.1. The summed E-state index contributed by atoms with van der Waals surface area (Å²) < 4.78 is 17.4. The number of carbonyl (C=O) groups excluding carboxylic acids is 3. The molecular weight excluding hydrogens is 560 g/mol. The van der Waals surface area contributed by atoms with E-state index in [4.69, 9.17) is 14.2 Å². The Morgan fingerprint density at radius 2 is 1.21 bits per heavy atom. The highest BCUT2D eigenvalue weighted by molar-refractivity contribution is 6.09. The number of rotatable bonds is 4. The monoisotopic (exact) mass is 584 g/mol. The molecule has 2 aliphatic rings. The molecule has 218 valence electrons. The van der Waals surface area contributed by atoms with E-state index in [1.54, 1.807) is 24.3 Å². The summed E-state index contributed by atoms with van der Waals surface area (Å²) in [6.07, 6.45) is -2.05. The van der Waals surface area contributed by atoms with Crippen LogP contribution in [0.5, 0.6) is 46.0 Å². The molecule has 0 aliphatic carbocycles. The van der Waals surface area contributed by atoms with Crippen LogP contribution >= 0.6 is 0 Å². The van der Waals surface area contributed by atoms with Crippen LogP contribution in [0, 0.1) is 0 Å². The van der Waals surface area contributed by atoms with E-state index < -0.39 is 47.0 Å². The quantitative estimate of drug-likeness (QED) is 0.157. The first-order valence-electron chi connectivity index (χ1n) is 13.2. The highest BCUT2D eigenvalue weighted by Crippen LogP contribution is 2.57. The van der Waals surface area contributed by atoms with Gasteiger partial charge in [-0.1, -0.05) is 24.3 Å². The van der Waals surface area contributed by atoms with E-state index in [1.165, 1.54) is 24.3 Å². The van der Waals surface area contributed by atoms with Crippen molar-refractivity contribution in [1.82, 2.24) is 0 Å². The topological polar surface area (TPSA) is 180 Å². The fourth-order valence-corrected chi connectivity index (χ4v) is 5.39. The molecule has 11 nitrogen and oxygen atoms in total. The molecule has 0 saturated heterocycles. The molecule has 0 radical (unpaired) electrons. The maximum atomic E-state index is 13.4. The molecule has 0 fully saturated rings. The highest BCUT2D eigenvalue weighted by Gasteiger charge is 2.39. The summed E-state index contributed by atoms with van der Waals surface area (Å²) in [6.45, 7) is 1.10. The largest absolute Gasteiger partial charge is 0.508 e. The Kier molecular flexibility index (Phi) is 6.57. The molecule has 2 aliphatic heterocycles. The van der Waals surface area contributed by atoms with Crippen molar-refractivity contribution in [2.45, 2.75) is 32.0 Å². The minimum atomic E-state index is -0.913. The van der Waals surface area contributed by atoms with Crippen molar-refractivity contribution in [3.8, 4) is 57.1 Å². The third-order valence-corrected chi connectivity index (χ3v) is 7.33. The number of esters is 1. The maximum absolute atomic E-state index is 13.4. The predicted molar refractivity (Wildman–Crippen MR) is 149 cm³/mol. The first-order chi connectivity index (χ1) is 20.5. The molecule has 0 spiro atoms. The van der Waals surface area contributed by atoms with Crippen LogP contribution in [0.4, 0.5) is 0 Å². The number of fused-ring (bicyclic) bond motifs is 2. The van der Waals surface area contributed by atoms with E-state index >= 15 is 0 Å².